The molecule has 36 heavy (non-hydrogen) atoms. The van der Waals surface area contributed by atoms with E-state index in [9.17, 15) is 4.79 Å². The van der Waals surface area contributed by atoms with E-state index < -0.39 is 0 Å². The molecular weight excluding hydrogens is 440 g/mol. The number of ether oxygens (including phenoxy) is 1. The molecule has 2 unspecified atom stereocenters. The summed E-state index contributed by atoms with van der Waals surface area (Å²) in [6.45, 7) is 13.0. The van der Waals surface area contributed by atoms with E-state index in [1.807, 2.05) is 0 Å². The Morgan fingerprint density at radius 1 is 0.583 bits per heavy atom. The number of hydrogen-bond donors (Lipinski definition) is 0. The molecule has 0 fully saturated rings. The molecule has 0 heterocycles. The van der Waals surface area contributed by atoms with Crippen molar-refractivity contribution in [2.24, 2.45) is 11.8 Å². The highest BCUT2D eigenvalue weighted by molar-refractivity contribution is 5.86. The van der Waals surface area contributed by atoms with Gasteiger partial charge in [-0.3, -0.25) is 0 Å². The van der Waals surface area contributed by atoms with Crippen LogP contribution >= 0.6 is 0 Å². The summed E-state index contributed by atoms with van der Waals surface area (Å²) in [4.78, 5) is 12.0. The summed E-state index contributed by atoms with van der Waals surface area (Å²) in [5.74, 6) is 0.903. The molecule has 0 rings (SSSR count). The Kier molecular flexibility index (Phi) is 26.7. The lowest BCUT2D eigenvalue weighted by atomic mass is 9.85. The predicted octanol–water partition coefficient (Wildman–Crippen LogP) is 11.8. The number of carbonyl (C=O) groups is 1. The quantitative estimate of drug-likeness (QED) is 0.0599. The fourth-order valence-corrected chi connectivity index (χ4v) is 5.28. The van der Waals surface area contributed by atoms with Crippen LogP contribution in [0.15, 0.2) is 12.2 Å². The van der Waals surface area contributed by atoms with Gasteiger partial charge >= 0.3 is 5.97 Å². The highest BCUT2D eigenvalue weighted by Crippen LogP contribution is 2.26. The highest BCUT2D eigenvalue weighted by atomic mass is 16.5. The molecule has 0 amide bonds. The van der Waals surface area contributed by atoms with E-state index in [-0.39, 0.29) is 5.97 Å². The molecule has 0 aromatic heterocycles. The predicted molar refractivity (Wildman–Crippen MR) is 161 cm³/mol. The molecule has 0 aliphatic rings. The zero-order valence-corrected chi connectivity index (χ0v) is 25.4. The summed E-state index contributed by atoms with van der Waals surface area (Å²) in [6, 6.07) is 0. The Hall–Kier alpha value is -0.790. The van der Waals surface area contributed by atoms with Crippen molar-refractivity contribution in [3.63, 3.8) is 0 Å². The Labute approximate surface area is 227 Å². The molecule has 0 radical (unpaired) electrons. The van der Waals surface area contributed by atoms with E-state index in [1.165, 1.54) is 154 Å². The van der Waals surface area contributed by atoms with E-state index in [4.69, 9.17) is 4.74 Å². The van der Waals surface area contributed by atoms with E-state index >= 15 is 0 Å². The maximum Gasteiger partial charge on any atom is 0.333 e. The Balaban J connectivity index is 4.00. The maximum absolute atomic E-state index is 12.0. The van der Waals surface area contributed by atoms with Crippen molar-refractivity contribution in [1.82, 2.24) is 0 Å². The molecule has 2 heteroatoms. The first-order valence-corrected chi connectivity index (χ1v) is 16.4. The number of esters is 1. The monoisotopic (exact) mass is 507 g/mol. The smallest absolute Gasteiger partial charge is 0.333 e. The van der Waals surface area contributed by atoms with Crippen molar-refractivity contribution >= 4 is 5.97 Å². The fourth-order valence-electron chi connectivity index (χ4n) is 5.28. The summed E-state index contributed by atoms with van der Waals surface area (Å²) in [6.07, 6.45) is 33.0. The minimum absolute atomic E-state index is 0.221. The Morgan fingerprint density at radius 2 is 0.917 bits per heavy atom. The van der Waals surface area contributed by atoms with E-state index in [2.05, 4.69) is 27.4 Å². The van der Waals surface area contributed by atoms with Crippen LogP contribution in [-0.4, -0.2) is 12.6 Å². The van der Waals surface area contributed by atoms with Gasteiger partial charge in [-0.1, -0.05) is 175 Å². The average molecular weight is 507 g/mol. The standard InChI is InChI=1S/C34H66O2/c1-6-8-10-12-14-16-18-19-21-23-25-27-29-33(30-36-34(35)31(3)4)32(5)28-26-24-22-20-17-15-13-11-9-7-2/h32-33H,3,6-30H2,1-2,4-5H3. The lowest BCUT2D eigenvalue weighted by molar-refractivity contribution is -0.140. The Morgan fingerprint density at radius 3 is 1.28 bits per heavy atom. The van der Waals surface area contributed by atoms with Crippen LogP contribution in [0.4, 0.5) is 0 Å². The molecule has 0 saturated heterocycles. The molecule has 0 saturated carbocycles. The fraction of sp³-hybridized carbons (Fsp3) is 0.912. The van der Waals surface area contributed by atoms with Gasteiger partial charge in [0.15, 0.2) is 0 Å². The SMILES string of the molecule is C=C(C)C(=O)OCC(CCCCCCCCCCCCCC)C(C)CCCCCCCCCCCC. The number of rotatable bonds is 28. The molecule has 0 aromatic carbocycles. The molecule has 0 aliphatic heterocycles. The van der Waals surface area contributed by atoms with Crippen molar-refractivity contribution < 1.29 is 9.53 Å². The molecule has 2 nitrogen and oxygen atoms in total. The third kappa shape index (κ3) is 23.6. The van der Waals surface area contributed by atoms with Gasteiger partial charge in [0.1, 0.15) is 0 Å². The normalized spacial score (nSPS) is 13.0. The zero-order chi connectivity index (χ0) is 26.7. The van der Waals surface area contributed by atoms with Crippen LogP contribution in [0.25, 0.3) is 0 Å². The summed E-state index contributed by atoms with van der Waals surface area (Å²) in [5.41, 5.74) is 0.515. The minimum Gasteiger partial charge on any atom is -0.462 e. The lowest BCUT2D eigenvalue weighted by Gasteiger charge is -2.24. The minimum atomic E-state index is -0.221. The van der Waals surface area contributed by atoms with Gasteiger partial charge in [0.25, 0.3) is 0 Å². The summed E-state index contributed by atoms with van der Waals surface area (Å²) in [7, 11) is 0. The highest BCUT2D eigenvalue weighted by Gasteiger charge is 2.19. The van der Waals surface area contributed by atoms with Crippen molar-refractivity contribution in [2.75, 3.05) is 6.61 Å². The van der Waals surface area contributed by atoms with E-state index in [0.29, 0.717) is 24.0 Å². The van der Waals surface area contributed by atoms with E-state index in [1.54, 1.807) is 6.92 Å². The first kappa shape index (κ1) is 35.2. The molecule has 0 spiro atoms. The molecule has 214 valence electrons. The molecule has 0 aliphatic carbocycles. The van der Waals surface area contributed by atoms with Crippen molar-refractivity contribution in [3.05, 3.63) is 12.2 Å². The topological polar surface area (TPSA) is 26.3 Å². The van der Waals surface area contributed by atoms with Gasteiger partial charge in [0.2, 0.25) is 0 Å². The van der Waals surface area contributed by atoms with Gasteiger partial charge in [0, 0.05) is 5.57 Å². The van der Waals surface area contributed by atoms with Crippen molar-refractivity contribution in [1.29, 1.82) is 0 Å². The van der Waals surface area contributed by atoms with Crippen LogP contribution in [-0.2, 0) is 9.53 Å². The second-order valence-corrected chi connectivity index (χ2v) is 11.8. The molecular formula is C34H66O2. The average Bonchev–Trinajstić information content (AvgIpc) is 2.87. The van der Waals surface area contributed by atoms with Gasteiger partial charge in [-0.2, -0.15) is 0 Å². The lowest BCUT2D eigenvalue weighted by Crippen LogP contribution is -2.21. The number of hydrogen-bond acceptors (Lipinski definition) is 2. The van der Waals surface area contributed by atoms with Crippen LogP contribution in [0.1, 0.15) is 182 Å². The maximum atomic E-state index is 12.0. The first-order chi connectivity index (χ1) is 17.5. The van der Waals surface area contributed by atoms with Gasteiger partial charge in [-0.15, -0.1) is 0 Å². The zero-order valence-electron chi connectivity index (χ0n) is 25.4. The second kappa shape index (κ2) is 27.3. The number of carbonyl (C=O) groups excluding carboxylic acids is 1. The second-order valence-electron chi connectivity index (χ2n) is 11.8. The molecule has 0 aromatic rings. The molecule has 0 N–H and O–H groups in total. The van der Waals surface area contributed by atoms with Crippen LogP contribution in [0.2, 0.25) is 0 Å². The third-order valence-electron chi connectivity index (χ3n) is 8.02. The van der Waals surface area contributed by atoms with Gasteiger partial charge in [-0.25, -0.2) is 4.79 Å². The summed E-state index contributed by atoms with van der Waals surface area (Å²) >= 11 is 0. The summed E-state index contributed by atoms with van der Waals surface area (Å²) in [5, 5.41) is 0. The molecule has 2 atom stereocenters. The van der Waals surface area contributed by atoms with E-state index in [0.717, 1.165) is 0 Å². The van der Waals surface area contributed by atoms with Crippen LogP contribution in [0.3, 0.4) is 0 Å². The largest absolute Gasteiger partial charge is 0.462 e. The van der Waals surface area contributed by atoms with Crippen LogP contribution < -0.4 is 0 Å². The summed E-state index contributed by atoms with van der Waals surface area (Å²) < 4.78 is 5.61. The number of unbranched alkanes of at least 4 members (excludes halogenated alkanes) is 20. The van der Waals surface area contributed by atoms with Crippen molar-refractivity contribution in [2.45, 2.75) is 182 Å². The molecule has 0 bridgehead atoms. The first-order valence-electron chi connectivity index (χ1n) is 16.4. The van der Waals surface area contributed by atoms with Gasteiger partial charge in [-0.05, 0) is 25.2 Å². The Bertz CT molecular complexity index is 484. The third-order valence-corrected chi connectivity index (χ3v) is 8.02. The van der Waals surface area contributed by atoms with Crippen molar-refractivity contribution in [3.8, 4) is 0 Å². The van der Waals surface area contributed by atoms with Crippen LogP contribution in [0.5, 0.6) is 0 Å². The van der Waals surface area contributed by atoms with Gasteiger partial charge < -0.3 is 4.74 Å². The van der Waals surface area contributed by atoms with Gasteiger partial charge in [0.05, 0.1) is 6.61 Å². The van der Waals surface area contributed by atoms with Crippen LogP contribution in [0, 0.1) is 11.8 Å².